The molecule has 0 amide bonds. The Bertz CT molecular complexity index is 979. The van der Waals surface area contributed by atoms with Gasteiger partial charge in [-0.25, -0.2) is 0 Å². The van der Waals surface area contributed by atoms with Gasteiger partial charge in [0.15, 0.2) is 0 Å². The molecule has 1 aromatic carbocycles. The highest BCUT2D eigenvalue weighted by molar-refractivity contribution is 7.99. The molecule has 1 aliphatic rings. The van der Waals surface area contributed by atoms with Crippen LogP contribution in [0.25, 0.3) is 10.4 Å². The molecule has 1 aromatic rings. The van der Waals surface area contributed by atoms with E-state index >= 15 is 0 Å². The summed E-state index contributed by atoms with van der Waals surface area (Å²) in [5.41, 5.74) is 8.37. The molecular weight excluding hydrogens is 464 g/mol. The van der Waals surface area contributed by atoms with Crippen molar-refractivity contribution in [2.24, 2.45) is 5.11 Å². The second kappa shape index (κ2) is 11.6. The van der Waals surface area contributed by atoms with Crippen molar-refractivity contribution in [2.75, 3.05) is 6.61 Å². The molecule has 0 saturated carbocycles. The molecule has 1 fully saturated rings. The number of rotatable bonds is 7. The quantitative estimate of drug-likeness (QED) is 0.187. The minimum atomic E-state index is -1.21. The molecule has 0 bridgehead atoms. The van der Waals surface area contributed by atoms with Crippen LogP contribution in [0.5, 0.6) is 0 Å². The molecule has 1 heterocycles. The third kappa shape index (κ3) is 6.77. The first-order valence-corrected chi connectivity index (χ1v) is 10.5. The van der Waals surface area contributed by atoms with Gasteiger partial charge in [-0.3, -0.25) is 14.4 Å². The van der Waals surface area contributed by atoms with Crippen LogP contribution in [-0.2, 0) is 33.3 Å². The lowest BCUT2D eigenvalue weighted by Gasteiger charge is -2.43. The van der Waals surface area contributed by atoms with Gasteiger partial charge in [0.25, 0.3) is 0 Å². The zero-order chi connectivity index (χ0) is 23.8. The number of thioether (sulfide) groups is 1. The molecule has 0 aliphatic carbocycles. The summed E-state index contributed by atoms with van der Waals surface area (Å²) in [5.74, 6) is -2.02. The summed E-state index contributed by atoms with van der Waals surface area (Å²) in [6.45, 7) is 3.16. The van der Waals surface area contributed by atoms with Crippen molar-refractivity contribution in [2.45, 2.75) is 55.5 Å². The van der Waals surface area contributed by atoms with Crippen LogP contribution in [0.4, 0.5) is 0 Å². The maximum Gasteiger partial charge on any atom is 0.303 e. The molecule has 1 saturated heterocycles. The van der Waals surface area contributed by atoms with E-state index in [1.807, 2.05) is 6.07 Å². The fraction of sp³-hybridized carbons (Fsp3) is 0.474. The molecule has 5 atom stereocenters. The van der Waals surface area contributed by atoms with Crippen molar-refractivity contribution in [1.29, 1.82) is 5.26 Å². The molecule has 32 heavy (non-hydrogen) atoms. The molecule has 170 valence electrons. The van der Waals surface area contributed by atoms with Crippen LogP contribution < -0.4 is 0 Å². The monoisotopic (exact) mass is 482 g/mol. The van der Waals surface area contributed by atoms with Gasteiger partial charge in [0.2, 0.25) is 0 Å². The number of nitriles is 1. The minimum Gasteiger partial charge on any atom is -0.463 e. The van der Waals surface area contributed by atoms with Gasteiger partial charge < -0.3 is 18.9 Å². The molecule has 11 nitrogen and oxygen atoms in total. The van der Waals surface area contributed by atoms with Gasteiger partial charge in [-0.1, -0.05) is 28.5 Å². The number of hydrogen-bond acceptors (Lipinski definition) is 10. The zero-order valence-electron chi connectivity index (χ0n) is 17.3. The van der Waals surface area contributed by atoms with Gasteiger partial charge in [0.05, 0.1) is 5.56 Å². The first-order valence-electron chi connectivity index (χ1n) is 9.20. The molecular formula is C19H19ClN4O7S. The Morgan fingerprint density at radius 3 is 2.44 bits per heavy atom. The van der Waals surface area contributed by atoms with E-state index in [2.05, 4.69) is 10.0 Å². The summed E-state index contributed by atoms with van der Waals surface area (Å²) in [7, 11) is 0. The molecule has 0 spiro atoms. The Balaban J connectivity index is 2.51. The lowest BCUT2D eigenvalue weighted by molar-refractivity contribution is -0.201. The Kier molecular flexibility index (Phi) is 9.16. The lowest BCUT2D eigenvalue weighted by Crippen LogP contribution is -2.59. The van der Waals surface area contributed by atoms with Crippen molar-refractivity contribution in [3.05, 3.63) is 39.2 Å². The summed E-state index contributed by atoms with van der Waals surface area (Å²) < 4.78 is 21.6. The number of benzene rings is 1. The second-order valence-electron chi connectivity index (χ2n) is 6.56. The maximum atomic E-state index is 11.8. The lowest BCUT2D eigenvalue weighted by atomic mass is 9.97. The van der Waals surface area contributed by atoms with Crippen LogP contribution in [0, 0.1) is 11.3 Å². The number of azide groups is 1. The predicted octanol–water partition coefficient (Wildman–Crippen LogP) is 3.13. The number of ether oxygens (including phenoxy) is 4. The molecule has 0 N–H and O–H groups in total. The summed E-state index contributed by atoms with van der Waals surface area (Å²) in [6, 6.07) is 5.40. The van der Waals surface area contributed by atoms with Crippen molar-refractivity contribution >= 4 is 41.3 Å². The van der Waals surface area contributed by atoms with Crippen LogP contribution in [0.2, 0.25) is 5.02 Å². The number of carbonyl (C=O) groups excluding carboxylic acids is 3. The SMILES string of the molecule is CC(=O)OC[C@H]1O[C@H](Sc2cc(Cl)ccc2C#N)[C@H](OC(C)=O)[C@@H](N=[N+]=[N-])[C@H]1OC(C)=O. The van der Waals surface area contributed by atoms with Crippen LogP contribution in [0.3, 0.4) is 0 Å². The molecule has 13 heteroatoms. The summed E-state index contributed by atoms with van der Waals surface area (Å²) in [6.07, 6.45) is -3.46. The van der Waals surface area contributed by atoms with E-state index in [0.29, 0.717) is 9.92 Å². The topological polar surface area (TPSA) is 161 Å². The van der Waals surface area contributed by atoms with Crippen molar-refractivity contribution in [3.63, 3.8) is 0 Å². The van der Waals surface area contributed by atoms with Gasteiger partial charge in [-0.15, -0.1) is 0 Å². The minimum absolute atomic E-state index is 0.281. The highest BCUT2D eigenvalue weighted by Gasteiger charge is 2.50. The number of halogens is 1. The van der Waals surface area contributed by atoms with E-state index in [1.54, 1.807) is 6.07 Å². The normalized spacial score (nSPS) is 24.4. The van der Waals surface area contributed by atoms with Crippen molar-refractivity contribution < 1.29 is 33.3 Å². The first kappa shape index (κ1) is 25.3. The Morgan fingerprint density at radius 2 is 1.88 bits per heavy atom. The van der Waals surface area contributed by atoms with Gasteiger partial charge >= 0.3 is 17.9 Å². The highest BCUT2D eigenvalue weighted by Crippen LogP contribution is 2.39. The van der Waals surface area contributed by atoms with Gasteiger partial charge in [-0.2, -0.15) is 5.26 Å². The van der Waals surface area contributed by atoms with E-state index < -0.39 is 47.7 Å². The third-order valence-electron chi connectivity index (χ3n) is 4.16. The Hall–Kier alpha value is -2.97. The van der Waals surface area contributed by atoms with Crippen LogP contribution >= 0.6 is 23.4 Å². The first-order chi connectivity index (χ1) is 15.2. The maximum absolute atomic E-state index is 11.8. The van der Waals surface area contributed by atoms with Crippen LogP contribution in [0.15, 0.2) is 28.2 Å². The largest absolute Gasteiger partial charge is 0.463 e. The Labute approximate surface area is 192 Å². The summed E-state index contributed by atoms with van der Waals surface area (Å²) in [5, 5.41) is 13.4. The summed E-state index contributed by atoms with van der Waals surface area (Å²) in [4.78, 5) is 38.0. The number of esters is 3. The number of nitrogens with zero attached hydrogens (tertiary/aromatic N) is 4. The molecule has 0 unspecified atom stereocenters. The van der Waals surface area contributed by atoms with Crippen LogP contribution in [-0.4, -0.2) is 54.3 Å². The molecule has 0 radical (unpaired) electrons. The van der Waals surface area contributed by atoms with Crippen molar-refractivity contribution in [3.8, 4) is 6.07 Å². The average Bonchev–Trinajstić information content (AvgIpc) is 2.70. The predicted molar refractivity (Wildman–Crippen MR) is 111 cm³/mol. The van der Waals surface area contributed by atoms with E-state index in [1.165, 1.54) is 19.1 Å². The van der Waals surface area contributed by atoms with Gasteiger partial charge in [0, 0.05) is 35.6 Å². The fourth-order valence-corrected chi connectivity index (χ4v) is 4.45. The standard InChI is InChI=1S/C19H19ClN4O7S/c1-9(25)28-8-14-17(29-10(2)26)16(23-24-22)18(30-11(3)27)19(31-14)32-15-6-13(20)5-4-12(15)7-21/h4-6,14,16-19H,8H2,1-3H3/t14-,16+,17+,18-,19-/m1/s1. The smallest absolute Gasteiger partial charge is 0.303 e. The average molecular weight is 483 g/mol. The third-order valence-corrected chi connectivity index (χ3v) is 5.60. The fourth-order valence-electron chi connectivity index (χ4n) is 2.98. The summed E-state index contributed by atoms with van der Waals surface area (Å²) >= 11 is 7.05. The van der Waals surface area contributed by atoms with E-state index in [-0.39, 0.29) is 12.2 Å². The zero-order valence-corrected chi connectivity index (χ0v) is 18.8. The van der Waals surface area contributed by atoms with Gasteiger partial charge in [-0.05, 0) is 23.7 Å². The Morgan fingerprint density at radius 1 is 1.22 bits per heavy atom. The molecule has 2 rings (SSSR count). The molecule has 1 aliphatic heterocycles. The van der Waals surface area contributed by atoms with Gasteiger partial charge in [0.1, 0.15) is 42.5 Å². The highest BCUT2D eigenvalue weighted by atomic mass is 35.5. The van der Waals surface area contributed by atoms with E-state index in [4.69, 9.17) is 36.1 Å². The molecule has 0 aromatic heterocycles. The van der Waals surface area contributed by atoms with Crippen LogP contribution in [0.1, 0.15) is 26.3 Å². The number of hydrogen-bond donors (Lipinski definition) is 0. The van der Waals surface area contributed by atoms with E-state index in [0.717, 1.165) is 25.6 Å². The second-order valence-corrected chi connectivity index (χ2v) is 8.14. The van der Waals surface area contributed by atoms with Crippen molar-refractivity contribution in [1.82, 2.24) is 0 Å². The van der Waals surface area contributed by atoms with E-state index in [9.17, 15) is 19.6 Å². The number of carbonyl (C=O) groups is 3.